The molecule has 1 amide bonds. The minimum atomic E-state index is -2.29. The van der Waals surface area contributed by atoms with E-state index in [1.165, 1.54) is 7.11 Å². The predicted octanol–water partition coefficient (Wildman–Crippen LogP) is 9.89. The molecule has 1 aliphatic heterocycles. The predicted molar refractivity (Wildman–Crippen MR) is 219 cm³/mol. The molecule has 0 N–H and O–H groups in total. The standard InChI is InChI=1S/C40H69NO7Si3/c1-14-35(39(44)45-10)30-33(8)24-22-21-23-25-34(9)37(42)36-31-40(48-51(18-5,19-6)20-7,26-27-47-50(15-2,16-3)17-4)41(38(36)43)32-46-28-29-49(11,12)13/h14,21-25,30-31H,15-20,26-29,32H2,1-13H3/b23-21+,24-22+,33-30+,34-25+,35-14+. The molecule has 1 heterocycles. The van der Waals surface area contributed by atoms with Crippen molar-refractivity contribution in [3.63, 3.8) is 0 Å². The molecule has 1 unspecified atom stereocenters. The molecular weight excluding hydrogens is 691 g/mol. The zero-order valence-electron chi connectivity index (χ0n) is 34.2. The average Bonchev–Trinajstić information content (AvgIpc) is 3.38. The van der Waals surface area contributed by atoms with Crippen LogP contribution in [0.3, 0.4) is 0 Å². The minimum absolute atomic E-state index is 0.0569. The summed E-state index contributed by atoms with van der Waals surface area (Å²) in [5.74, 6) is -1.07. The second-order valence-electron chi connectivity index (χ2n) is 14.7. The Bertz CT molecular complexity index is 1330. The van der Waals surface area contributed by atoms with E-state index in [1.54, 1.807) is 49.1 Å². The van der Waals surface area contributed by atoms with Crippen LogP contribution in [-0.2, 0) is 32.7 Å². The molecular formula is C40H69NO7Si3. The van der Waals surface area contributed by atoms with Gasteiger partial charge < -0.3 is 18.3 Å². The van der Waals surface area contributed by atoms with E-state index in [0.717, 1.165) is 47.9 Å². The van der Waals surface area contributed by atoms with E-state index < -0.39 is 36.4 Å². The zero-order chi connectivity index (χ0) is 38.9. The maximum Gasteiger partial charge on any atom is 0.337 e. The molecule has 1 atom stereocenters. The Hall–Kier alpha value is -2.42. The van der Waals surface area contributed by atoms with Crippen molar-refractivity contribution in [3.8, 4) is 0 Å². The van der Waals surface area contributed by atoms with E-state index in [4.69, 9.17) is 18.3 Å². The van der Waals surface area contributed by atoms with Crippen molar-refractivity contribution in [3.05, 3.63) is 70.9 Å². The highest BCUT2D eigenvalue weighted by atomic mass is 28.4. The number of hydrogen-bond acceptors (Lipinski definition) is 7. The van der Waals surface area contributed by atoms with Crippen molar-refractivity contribution >= 4 is 42.4 Å². The van der Waals surface area contributed by atoms with Crippen LogP contribution in [0.1, 0.15) is 68.7 Å². The monoisotopic (exact) mass is 759 g/mol. The molecule has 0 fully saturated rings. The van der Waals surface area contributed by atoms with Gasteiger partial charge in [0.05, 0.1) is 18.3 Å². The fourth-order valence-electron chi connectivity index (χ4n) is 6.13. The number of esters is 1. The molecule has 1 rings (SSSR count). The summed E-state index contributed by atoms with van der Waals surface area (Å²) in [6.45, 7) is 26.5. The number of ketones is 1. The van der Waals surface area contributed by atoms with Crippen LogP contribution < -0.4 is 0 Å². The maximum absolute atomic E-state index is 14.3. The smallest absolute Gasteiger partial charge is 0.337 e. The van der Waals surface area contributed by atoms with Crippen molar-refractivity contribution in [2.24, 2.45) is 0 Å². The third-order valence-corrected chi connectivity index (χ3v) is 21.3. The number of nitrogens with zero attached hydrogens (tertiary/aromatic N) is 1. The van der Waals surface area contributed by atoms with Gasteiger partial charge in [0.2, 0.25) is 0 Å². The maximum atomic E-state index is 14.3. The molecule has 288 valence electrons. The van der Waals surface area contributed by atoms with Gasteiger partial charge in [-0.25, -0.2) is 4.79 Å². The summed E-state index contributed by atoms with van der Waals surface area (Å²) in [5, 5.41) is 0. The number of ether oxygens (including phenoxy) is 2. The van der Waals surface area contributed by atoms with Crippen LogP contribution in [0.15, 0.2) is 70.9 Å². The summed E-state index contributed by atoms with van der Waals surface area (Å²) in [5.41, 5.74) is 0.786. The summed E-state index contributed by atoms with van der Waals surface area (Å²) in [4.78, 5) is 41.9. The van der Waals surface area contributed by atoms with Gasteiger partial charge >= 0.3 is 5.97 Å². The molecule has 0 bridgehead atoms. The Morgan fingerprint density at radius 3 is 1.96 bits per heavy atom. The number of carbonyl (C=O) groups is 3. The Labute approximate surface area is 313 Å². The summed E-state index contributed by atoms with van der Waals surface area (Å²) in [7, 11) is -4.20. The molecule has 8 nitrogen and oxygen atoms in total. The lowest BCUT2D eigenvalue weighted by Gasteiger charge is -2.45. The van der Waals surface area contributed by atoms with Gasteiger partial charge in [-0.1, -0.05) is 103 Å². The van der Waals surface area contributed by atoms with E-state index in [1.807, 2.05) is 25.2 Å². The number of Topliss-reactive ketones (excluding diaryl/α,β-unsaturated/α-hetero) is 1. The lowest BCUT2D eigenvalue weighted by Crippen LogP contribution is -2.57. The normalized spacial score (nSPS) is 18.4. The first-order valence-electron chi connectivity index (χ1n) is 19.0. The molecule has 0 spiro atoms. The number of hydrogen-bond donors (Lipinski definition) is 0. The summed E-state index contributed by atoms with van der Waals surface area (Å²) >= 11 is 0. The van der Waals surface area contributed by atoms with Crippen LogP contribution in [0, 0.1) is 0 Å². The first-order valence-corrected chi connectivity index (χ1v) is 27.7. The Morgan fingerprint density at radius 2 is 1.45 bits per heavy atom. The van der Waals surface area contributed by atoms with Crippen LogP contribution in [-0.4, -0.2) is 80.0 Å². The van der Waals surface area contributed by atoms with Gasteiger partial charge in [0, 0.05) is 27.7 Å². The van der Waals surface area contributed by atoms with Gasteiger partial charge in [0.15, 0.2) is 28.1 Å². The van der Waals surface area contributed by atoms with Crippen molar-refractivity contribution in [2.45, 2.75) is 136 Å². The van der Waals surface area contributed by atoms with Crippen molar-refractivity contribution in [1.82, 2.24) is 4.90 Å². The van der Waals surface area contributed by atoms with Crippen LogP contribution in [0.4, 0.5) is 0 Å². The van der Waals surface area contributed by atoms with E-state index in [2.05, 4.69) is 61.2 Å². The number of amides is 1. The molecule has 0 aromatic carbocycles. The quantitative estimate of drug-likeness (QED) is 0.0242. The van der Waals surface area contributed by atoms with Gasteiger partial charge in [0.1, 0.15) is 6.73 Å². The summed E-state index contributed by atoms with van der Waals surface area (Å²) in [6.07, 6.45) is 14.7. The highest BCUT2D eigenvalue weighted by molar-refractivity contribution is 6.76. The van der Waals surface area contributed by atoms with Gasteiger partial charge in [0.25, 0.3) is 5.91 Å². The number of rotatable bonds is 24. The Kier molecular flexibility index (Phi) is 20.1. The van der Waals surface area contributed by atoms with E-state index >= 15 is 0 Å². The highest BCUT2D eigenvalue weighted by Crippen LogP contribution is 2.40. The van der Waals surface area contributed by atoms with E-state index in [9.17, 15) is 14.4 Å². The van der Waals surface area contributed by atoms with Gasteiger partial charge in [-0.05, 0) is 80.8 Å². The lowest BCUT2D eigenvalue weighted by atomic mass is 10.0. The molecule has 0 aliphatic carbocycles. The summed E-state index contributed by atoms with van der Waals surface area (Å²) < 4.78 is 25.1. The third-order valence-electron chi connectivity index (χ3n) is 10.3. The number of allylic oxidation sites excluding steroid dienone is 8. The fraction of sp³-hybridized carbons (Fsp3) is 0.625. The molecule has 0 aromatic rings. The second kappa shape index (κ2) is 22.0. The number of methoxy groups -OCH3 is 1. The fourth-order valence-corrected chi connectivity index (χ4v) is 12.5. The van der Waals surface area contributed by atoms with Crippen molar-refractivity contribution in [2.75, 3.05) is 27.1 Å². The Morgan fingerprint density at radius 1 is 0.863 bits per heavy atom. The third kappa shape index (κ3) is 13.8. The van der Waals surface area contributed by atoms with Crippen molar-refractivity contribution < 1.29 is 32.7 Å². The van der Waals surface area contributed by atoms with Gasteiger partial charge in [-0.15, -0.1) is 0 Å². The first-order chi connectivity index (χ1) is 24.0. The highest BCUT2D eigenvalue weighted by Gasteiger charge is 2.52. The largest absolute Gasteiger partial charge is 0.465 e. The van der Waals surface area contributed by atoms with Crippen LogP contribution in [0.25, 0.3) is 0 Å². The molecule has 0 saturated heterocycles. The first kappa shape index (κ1) is 46.6. The van der Waals surface area contributed by atoms with Gasteiger partial charge in [-0.2, -0.15) is 0 Å². The average molecular weight is 760 g/mol. The van der Waals surface area contributed by atoms with Crippen LogP contribution in [0.5, 0.6) is 0 Å². The second-order valence-corrected chi connectivity index (χ2v) is 29.8. The van der Waals surface area contributed by atoms with Crippen LogP contribution in [0.2, 0.25) is 61.9 Å². The molecule has 51 heavy (non-hydrogen) atoms. The van der Waals surface area contributed by atoms with Crippen molar-refractivity contribution in [1.29, 1.82) is 0 Å². The van der Waals surface area contributed by atoms with E-state index in [-0.39, 0.29) is 24.0 Å². The van der Waals surface area contributed by atoms with E-state index in [0.29, 0.717) is 30.8 Å². The number of carbonyl (C=O) groups excluding carboxylic acids is 3. The molecule has 0 radical (unpaired) electrons. The molecule has 0 saturated carbocycles. The topological polar surface area (TPSA) is 91.4 Å². The zero-order valence-corrected chi connectivity index (χ0v) is 37.2. The minimum Gasteiger partial charge on any atom is -0.465 e. The molecule has 1 aliphatic rings. The molecule has 11 heteroatoms. The van der Waals surface area contributed by atoms with Gasteiger partial charge in [-0.3, -0.25) is 14.5 Å². The lowest BCUT2D eigenvalue weighted by molar-refractivity contribution is -0.154. The van der Waals surface area contributed by atoms with Crippen LogP contribution >= 0.6 is 0 Å². The Balaban J connectivity index is 3.58. The summed E-state index contributed by atoms with van der Waals surface area (Å²) in [6, 6.07) is 6.77. The molecule has 0 aromatic heterocycles. The SMILES string of the molecule is C\C=C(/C=C(C)/C=C/C=C/C=C(\C)C(=O)C1=CC(CCO[Si](CC)(CC)CC)(O[Si](CC)(CC)CC)N(COCC[Si](C)(C)C)C1=O)C(=O)OC.